The second-order valence-corrected chi connectivity index (χ2v) is 6.38. The van der Waals surface area contributed by atoms with Crippen LogP contribution in [-0.2, 0) is 0 Å². The summed E-state index contributed by atoms with van der Waals surface area (Å²) in [6.07, 6.45) is 8.88. The first-order chi connectivity index (χ1) is 10.9. The van der Waals surface area contributed by atoms with Crippen LogP contribution in [0, 0.1) is 0 Å². The van der Waals surface area contributed by atoms with Crippen molar-refractivity contribution in [2.75, 3.05) is 0 Å². The van der Waals surface area contributed by atoms with E-state index in [1.807, 2.05) is 12.3 Å². The van der Waals surface area contributed by atoms with Crippen LogP contribution in [0.3, 0.4) is 0 Å². The number of hydrogen-bond acceptors (Lipinski definition) is 1. The Balaban J connectivity index is 1.74. The molecule has 4 rings (SSSR count). The van der Waals surface area contributed by atoms with Crippen molar-refractivity contribution in [3.8, 4) is 11.3 Å². The number of aromatic nitrogens is 1. The first kappa shape index (κ1) is 13.5. The Morgan fingerprint density at radius 1 is 0.773 bits per heavy atom. The van der Waals surface area contributed by atoms with E-state index in [1.165, 1.54) is 54.0 Å². The van der Waals surface area contributed by atoms with Crippen LogP contribution in [-0.4, -0.2) is 4.98 Å². The van der Waals surface area contributed by atoms with Crippen LogP contribution in [0.2, 0.25) is 0 Å². The Hall–Kier alpha value is -2.15. The number of pyridine rings is 1. The highest BCUT2D eigenvalue weighted by Crippen LogP contribution is 2.34. The molecule has 0 amide bonds. The lowest BCUT2D eigenvalue weighted by Gasteiger charge is -2.22. The van der Waals surface area contributed by atoms with E-state index in [2.05, 4.69) is 53.5 Å². The molecule has 0 bridgehead atoms. The maximum absolute atomic E-state index is 4.62. The molecule has 1 aliphatic carbocycles. The summed E-state index contributed by atoms with van der Waals surface area (Å²) in [4.78, 5) is 4.62. The molecule has 0 unspecified atom stereocenters. The van der Waals surface area contributed by atoms with E-state index >= 15 is 0 Å². The molecule has 0 saturated heterocycles. The zero-order valence-corrected chi connectivity index (χ0v) is 12.8. The summed E-state index contributed by atoms with van der Waals surface area (Å²) in [5.41, 5.74) is 3.76. The predicted octanol–water partition coefficient (Wildman–Crippen LogP) is 5.95. The smallest absolute Gasteiger partial charge is 0.0708 e. The topological polar surface area (TPSA) is 12.9 Å². The molecule has 0 atom stereocenters. The fourth-order valence-electron chi connectivity index (χ4n) is 3.62. The first-order valence-corrected chi connectivity index (χ1v) is 8.35. The normalized spacial score (nSPS) is 16.0. The van der Waals surface area contributed by atoms with E-state index in [1.54, 1.807) is 0 Å². The van der Waals surface area contributed by atoms with Crippen molar-refractivity contribution in [2.45, 2.75) is 38.0 Å². The SMILES string of the molecule is c1ccc(-c2cc3cc(C4CCCCC4)ccc3cn2)cc1. The molecule has 1 aliphatic rings. The molecule has 1 fully saturated rings. The van der Waals surface area contributed by atoms with Crippen LogP contribution in [0.25, 0.3) is 22.0 Å². The molecule has 0 N–H and O–H groups in total. The summed E-state index contributed by atoms with van der Waals surface area (Å²) in [6.45, 7) is 0. The van der Waals surface area contributed by atoms with Crippen molar-refractivity contribution in [3.63, 3.8) is 0 Å². The minimum Gasteiger partial charge on any atom is -0.256 e. The first-order valence-electron chi connectivity index (χ1n) is 8.35. The second kappa shape index (κ2) is 5.92. The van der Waals surface area contributed by atoms with Gasteiger partial charge in [0.1, 0.15) is 0 Å². The fourth-order valence-corrected chi connectivity index (χ4v) is 3.62. The van der Waals surface area contributed by atoms with E-state index in [0.29, 0.717) is 0 Å². The van der Waals surface area contributed by atoms with Gasteiger partial charge in [-0.1, -0.05) is 67.8 Å². The lowest BCUT2D eigenvalue weighted by Crippen LogP contribution is -2.04. The maximum Gasteiger partial charge on any atom is 0.0708 e. The summed E-state index contributed by atoms with van der Waals surface area (Å²) < 4.78 is 0. The zero-order valence-electron chi connectivity index (χ0n) is 12.8. The predicted molar refractivity (Wildman–Crippen MR) is 93.0 cm³/mol. The molecule has 0 aliphatic heterocycles. The highest BCUT2D eigenvalue weighted by atomic mass is 14.7. The van der Waals surface area contributed by atoms with E-state index < -0.39 is 0 Å². The van der Waals surface area contributed by atoms with Crippen LogP contribution < -0.4 is 0 Å². The third-order valence-electron chi connectivity index (χ3n) is 4.89. The minimum atomic E-state index is 0.756. The van der Waals surface area contributed by atoms with Gasteiger partial charge in [-0.15, -0.1) is 0 Å². The molecule has 1 heteroatoms. The molecule has 110 valence electrons. The maximum atomic E-state index is 4.62. The van der Waals surface area contributed by atoms with E-state index in [-0.39, 0.29) is 0 Å². The molecular formula is C21H21N. The standard InChI is InChI=1S/C21H21N/c1-3-7-16(8-4-1)18-11-12-19-15-22-21(14-20(19)13-18)17-9-5-2-6-10-17/h2,5-6,9-16H,1,3-4,7-8H2. The van der Waals surface area contributed by atoms with E-state index in [9.17, 15) is 0 Å². The molecule has 22 heavy (non-hydrogen) atoms. The highest BCUT2D eigenvalue weighted by molar-refractivity contribution is 5.85. The zero-order chi connectivity index (χ0) is 14.8. The third kappa shape index (κ3) is 2.64. The number of rotatable bonds is 2. The molecule has 1 aromatic heterocycles. The molecule has 1 saturated carbocycles. The molecule has 0 radical (unpaired) electrons. The van der Waals surface area contributed by atoms with Crippen LogP contribution in [0.15, 0.2) is 60.8 Å². The summed E-state index contributed by atoms with van der Waals surface area (Å²) in [7, 11) is 0. The Kier molecular flexibility index (Phi) is 3.64. The molecular weight excluding hydrogens is 266 g/mol. The molecule has 2 aromatic carbocycles. The van der Waals surface area contributed by atoms with Gasteiger partial charge in [-0.2, -0.15) is 0 Å². The van der Waals surface area contributed by atoms with Gasteiger partial charge in [0.25, 0.3) is 0 Å². The van der Waals surface area contributed by atoms with Crippen LogP contribution in [0.1, 0.15) is 43.6 Å². The van der Waals surface area contributed by atoms with Crippen molar-refractivity contribution < 1.29 is 0 Å². The number of benzene rings is 2. The summed E-state index contributed by atoms with van der Waals surface area (Å²) in [6, 6.07) is 19.6. The molecule has 3 aromatic rings. The third-order valence-corrected chi connectivity index (χ3v) is 4.89. The van der Waals surface area contributed by atoms with Gasteiger partial charge in [0.2, 0.25) is 0 Å². The van der Waals surface area contributed by atoms with E-state index in [0.717, 1.165) is 11.6 Å². The summed E-state index contributed by atoms with van der Waals surface area (Å²) in [5, 5.41) is 2.55. The van der Waals surface area contributed by atoms with Gasteiger partial charge in [0.15, 0.2) is 0 Å². The van der Waals surface area contributed by atoms with Crippen LogP contribution in [0.4, 0.5) is 0 Å². The van der Waals surface area contributed by atoms with Crippen molar-refractivity contribution in [1.29, 1.82) is 0 Å². The van der Waals surface area contributed by atoms with Gasteiger partial charge in [-0.05, 0) is 35.8 Å². The summed E-state index contributed by atoms with van der Waals surface area (Å²) >= 11 is 0. The largest absolute Gasteiger partial charge is 0.256 e. The van der Waals surface area contributed by atoms with Crippen molar-refractivity contribution in [3.05, 3.63) is 66.4 Å². The quantitative estimate of drug-likeness (QED) is 0.567. The second-order valence-electron chi connectivity index (χ2n) is 6.38. The van der Waals surface area contributed by atoms with Gasteiger partial charge >= 0.3 is 0 Å². The Labute approximate surface area is 132 Å². The van der Waals surface area contributed by atoms with Gasteiger partial charge in [-0.3, -0.25) is 4.98 Å². The van der Waals surface area contributed by atoms with Crippen molar-refractivity contribution in [2.24, 2.45) is 0 Å². The van der Waals surface area contributed by atoms with Gasteiger partial charge in [-0.25, -0.2) is 0 Å². The van der Waals surface area contributed by atoms with Crippen LogP contribution in [0.5, 0.6) is 0 Å². The van der Waals surface area contributed by atoms with E-state index in [4.69, 9.17) is 0 Å². The molecule has 1 heterocycles. The Morgan fingerprint density at radius 3 is 2.41 bits per heavy atom. The van der Waals surface area contributed by atoms with Crippen molar-refractivity contribution >= 4 is 10.8 Å². The minimum absolute atomic E-state index is 0.756. The average Bonchev–Trinajstić information content (AvgIpc) is 2.62. The van der Waals surface area contributed by atoms with Gasteiger partial charge in [0.05, 0.1) is 5.69 Å². The Bertz CT molecular complexity index is 770. The summed E-state index contributed by atoms with van der Waals surface area (Å²) in [5.74, 6) is 0.756. The highest BCUT2D eigenvalue weighted by Gasteiger charge is 2.15. The number of fused-ring (bicyclic) bond motifs is 1. The monoisotopic (exact) mass is 287 g/mol. The lowest BCUT2D eigenvalue weighted by atomic mass is 9.83. The average molecular weight is 287 g/mol. The molecule has 0 spiro atoms. The molecule has 1 nitrogen and oxygen atoms in total. The van der Waals surface area contributed by atoms with Gasteiger partial charge < -0.3 is 0 Å². The van der Waals surface area contributed by atoms with Crippen LogP contribution >= 0.6 is 0 Å². The van der Waals surface area contributed by atoms with Gasteiger partial charge in [0, 0.05) is 17.1 Å². The Morgan fingerprint density at radius 2 is 1.59 bits per heavy atom. The van der Waals surface area contributed by atoms with Crippen molar-refractivity contribution in [1.82, 2.24) is 4.98 Å². The fraction of sp³-hybridized carbons (Fsp3) is 0.286. The lowest BCUT2D eigenvalue weighted by molar-refractivity contribution is 0.444. The number of hydrogen-bond donors (Lipinski definition) is 0. The number of nitrogens with zero attached hydrogens (tertiary/aromatic N) is 1.